The van der Waals surface area contributed by atoms with Crippen molar-refractivity contribution >= 4 is 17.4 Å². The largest absolute Gasteiger partial charge is 0.367 e. The molecule has 0 aliphatic carbocycles. The third kappa shape index (κ3) is 2.28. The van der Waals surface area contributed by atoms with Crippen LogP contribution in [-0.2, 0) is 6.42 Å². The number of rotatable bonds is 3. The molecule has 0 amide bonds. The summed E-state index contributed by atoms with van der Waals surface area (Å²) in [5.41, 5.74) is 1.56. The van der Waals surface area contributed by atoms with Crippen molar-refractivity contribution in [1.82, 2.24) is 4.98 Å². The van der Waals surface area contributed by atoms with Crippen LogP contribution in [0.4, 0.5) is 0 Å². The lowest BCUT2D eigenvalue weighted by molar-refractivity contribution is 0.0993. The number of H-pyrrole nitrogens is 1. The third-order valence-corrected chi connectivity index (χ3v) is 2.60. The maximum absolute atomic E-state index is 11.7. The molecule has 2 nitrogen and oxygen atoms in total. The summed E-state index contributed by atoms with van der Waals surface area (Å²) >= 11 is 5.97. The fourth-order valence-electron chi connectivity index (χ4n) is 1.41. The van der Waals surface area contributed by atoms with Gasteiger partial charge in [-0.2, -0.15) is 0 Å². The lowest BCUT2D eigenvalue weighted by Gasteiger charge is -2.01. The van der Waals surface area contributed by atoms with E-state index in [2.05, 4.69) is 4.98 Å². The highest BCUT2D eigenvalue weighted by atomic mass is 35.5. The van der Waals surface area contributed by atoms with Gasteiger partial charge in [-0.05, 0) is 17.7 Å². The quantitative estimate of drug-likeness (QED) is 0.791. The van der Waals surface area contributed by atoms with E-state index in [1.165, 1.54) is 0 Å². The van der Waals surface area contributed by atoms with Crippen molar-refractivity contribution in [1.29, 1.82) is 0 Å². The van der Waals surface area contributed by atoms with Crippen molar-refractivity contribution in [2.45, 2.75) is 6.42 Å². The average molecular weight is 220 g/mol. The minimum Gasteiger partial charge on any atom is -0.367 e. The number of hydrogen-bond donors (Lipinski definition) is 1. The Morgan fingerprint density at radius 2 is 2.07 bits per heavy atom. The summed E-state index contributed by atoms with van der Waals surface area (Å²) < 4.78 is 0. The highest BCUT2D eigenvalue weighted by Gasteiger charge is 2.08. The number of benzene rings is 1. The number of carbonyl (C=O) groups excluding carboxylic acids is 1. The number of carbonyl (C=O) groups is 1. The van der Waals surface area contributed by atoms with Crippen LogP contribution in [0, 0.1) is 0 Å². The molecule has 2 aromatic rings. The van der Waals surface area contributed by atoms with Crippen LogP contribution in [0.15, 0.2) is 42.7 Å². The first kappa shape index (κ1) is 9.99. The van der Waals surface area contributed by atoms with Gasteiger partial charge in [-0.25, -0.2) is 0 Å². The number of halogens is 1. The minimum atomic E-state index is 0.0735. The summed E-state index contributed by atoms with van der Waals surface area (Å²) in [6.07, 6.45) is 3.77. The molecule has 0 atom stereocenters. The number of aromatic nitrogens is 1. The Hall–Kier alpha value is -1.54. The fraction of sp³-hybridized carbons (Fsp3) is 0.0833. The highest BCUT2D eigenvalue weighted by Crippen LogP contribution is 2.17. The van der Waals surface area contributed by atoms with Crippen molar-refractivity contribution in [3.8, 4) is 0 Å². The van der Waals surface area contributed by atoms with Gasteiger partial charge < -0.3 is 4.98 Å². The van der Waals surface area contributed by atoms with E-state index in [-0.39, 0.29) is 5.78 Å². The molecule has 0 aliphatic rings. The minimum absolute atomic E-state index is 0.0735. The lowest BCUT2D eigenvalue weighted by Crippen LogP contribution is -2.02. The van der Waals surface area contributed by atoms with Gasteiger partial charge in [0.2, 0.25) is 0 Å². The predicted molar refractivity (Wildman–Crippen MR) is 60.3 cm³/mol. The van der Waals surface area contributed by atoms with E-state index < -0.39 is 0 Å². The second-order valence-electron chi connectivity index (χ2n) is 3.29. The molecule has 1 N–H and O–H groups in total. The Bertz CT molecular complexity index is 462. The van der Waals surface area contributed by atoms with Crippen LogP contribution in [0.25, 0.3) is 0 Å². The van der Waals surface area contributed by atoms with Gasteiger partial charge in [-0.15, -0.1) is 0 Å². The van der Waals surface area contributed by atoms with Crippen molar-refractivity contribution < 1.29 is 4.79 Å². The molecule has 15 heavy (non-hydrogen) atoms. The zero-order valence-corrected chi connectivity index (χ0v) is 8.79. The van der Waals surface area contributed by atoms with Gasteiger partial charge in [0.1, 0.15) is 0 Å². The van der Waals surface area contributed by atoms with Gasteiger partial charge in [0.25, 0.3) is 0 Å². The summed E-state index contributed by atoms with van der Waals surface area (Å²) in [5.74, 6) is 0.0735. The molecular weight excluding hydrogens is 210 g/mol. The van der Waals surface area contributed by atoms with Crippen LogP contribution in [-0.4, -0.2) is 10.8 Å². The van der Waals surface area contributed by atoms with E-state index in [4.69, 9.17) is 11.6 Å². The molecule has 0 spiro atoms. The normalized spacial score (nSPS) is 10.2. The SMILES string of the molecule is O=C(Cc1ccccc1Cl)c1cc[nH]c1. The van der Waals surface area contributed by atoms with Gasteiger partial charge in [-0.1, -0.05) is 29.8 Å². The lowest BCUT2D eigenvalue weighted by atomic mass is 10.1. The molecule has 1 heterocycles. The Balaban J connectivity index is 2.17. The van der Waals surface area contributed by atoms with Crippen molar-refractivity contribution in [2.24, 2.45) is 0 Å². The maximum Gasteiger partial charge on any atom is 0.168 e. The first-order valence-electron chi connectivity index (χ1n) is 4.67. The van der Waals surface area contributed by atoms with Crippen LogP contribution in [0.2, 0.25) is 5.02 Å². The molecule has 2 rings (SSSR count). The summed E-state index contributed by atoms with van der Waals surface area (Å²) in [6.45, 7) is 0. The van der Waals surface area contributed by atoms with Gasteiger partial charge in [0, 0.05) is 29.4 Å². The van der Waals surface area contributed by atoms with E-state index in [9.17, 15) is 4.79 Å². The molecule has 76 valence electrons. The molecular formula is C12H10ClNO. The van der Waals surface area contributed by atoms with Crippen molar-refractivity contribution in [3.05, 3.63) is 58.9 Å². The zero-order chi connectivity index (χ0) is 10.7. The monoisotopic (exact) mass is 219 g/mol. The second-order valence-corrected chi connectivity index (χ2v) is 3.70. The molecule has 0 saturated heterocycles. The van der Waals surface area contributed by atoms with Crippen molar-refractivity contribution in [2.75, 3.05) is 0 Å². The van der Waals surface area contributed by atoms with Crippen LogP contribution < -0.4 is 0 Å². The molecule has 0 radical (unpaired) electrons. The Morgan fingerprint density at radius 3 is 2.73 bits per heavy atom. The smallest absolute Gasteiger partial charge is 0.168 e. The molecule has 0 aliphatic heterocycles. The van der Waals surface area contributed by atoms with E-state index in [1.54, 1.807) is 24.5 Å². The second kappa shape index (κ2) is 4.32. The van der Waals surface area contributed by atoms with Crippen molar-refractivity contribution in [3.63, 3.8) is 0 Å². The highest BCUT2D eigenvalue weighted by molar-refractivity contribution is 6.31. The van der Waals surface area contributed by atoms with Crippen LogP contribution >= 0.6 is 11.6 Å². The zero-order valence-electron chi connectivity index (χ0n) is 8.03. The number of hydrogen-bond acceptors (Lipinski definition) is 1. The molecule has 0 unspecified atom stereocenters. The molecule has 0 fully saturated rings. The summed E-state index contributed by atoms with van der Waals surface area (Å²) in [6, 6.07) is 9.16. The average Bonchev–Trinajstić information content (AvgIpc) is 2.74. The number of aromatic amines is 1. The standard InChI is InChI=1S/C12H10ClNO/c13-11-4-2-1-3-9(11)7-12(15)10-5-6-14-8-10/h1-6,8,14H,7H2. The van der Waals surface area contributed by atoms with Crippen LogP contribution in [0.1, 0.15) is 15.9 Å². The van der Waals surface area contributed by atoms with Gasteiger partial charge in [0.15, 0.2) is 5.78 Å². The van der Waals surface area contributed by atoms with E-state index in [1.807, 2.05) is 18.2 Å². The van der Waals surface area contributed by atoms with Gasteiger partial charge in [-0.3, -0.25) is 4.79 Å². The van der Waals surface area contributed by atoms with Gasteiger partial charge >= 0.3 is 0 Å². The maximum atomic E-state index is 11.7. The van der Waals surface area contributed by atoms with E-state index >= 15 is 0 Å². The van der Waals surface area contributed by atoms with Crippen LogP contribution in [0.5, 0.6) is 0 Å². The Morgan fingerprint density at radius 1 is 1.27 bits per heavy atom. The van der Waals surface area contributed by atoms with Gasteiger partial charge in [0.05, 0.1) is 0 Å². The molecule has 1 aromatic carbocycles. The first-order chi connectivity index (χ1) is 7.27. The number of Topliss-reactive ketones (excluding diaryl/α,β-unsaturated/α-hetero) is 1. The van der Waals surface area contributed by atoms with E-state index in [0.29, 0.717) is 17.0 Å². The Kier molecular flexibility index (Phi) is 2.88. The molecule has 0 saturated carbocycles. The Labute approximate surface area is 92.9 Å². The van der Waals surface area contributed by atoms with Crippen LogP contribution in [0.3, 0.4) is 0 Å². The molecule has 3 heteroatoms. The molecule has 0 bridgehead atoms. The predicted octanol–water partition coefficient (Wildman–Crippen LogP) is 3.09. The fourth-order valence-corrected chi connectivity index (χ4v) is 1.62. The first-order valence-corrected chi connectivity index (χ1v) is 5.04. The topological polar surface area (TPSA) is 32.9 Å². The number of ketones is 1. The molecule has 1 aromatic heterocycles. The number of nitrogens with one attached hydrogen (secondary N) is 1. The summed E-state index contributed by atoms with van der Waals surface area (Å²) in [7, 11) is 0. The van der Waals surface area contributed by atoms with E-state index in [0.717, 1.165) is 5.56 Å². The third-order valence-electron chi connectivity index (χ3n) is 2.23. The summed E-state index contributed by atoms with van der Waals surface area (Å²) in [5, 5.41) is 0.640. The summed E-state index contributed by atoms with van der Waals surface area (Å²) in [4.78, 5) is 14.6.